The van der Waals surface area contributed by atoms with E-state index in [1.165, 1.54) is 0 Å². The number of amides is 1. The highest BCUT2D eigenvalue weighted by Crippen LogP contribution is 2.24. The van der Waals surface area contributed by atoms with Crippen molar-refractivity contribution in [3.63, 3.8) is 0 Å². The van der Waals surface area contributed by atoms with E-state index < -0.39 is 0 Å². The topological polar surface area (TPSA) is 45.2 Å². The number of hydrogen-bond acceptors (Lipinski definition) is 3. The van der Waals surface area contributed by atoms with E-state index in [-0.39, 0.29) is 5.91 Å². The Kier molecular flexibility index (Phi) is 5.47. The van der Waals surface area contributed by atoms with Crippen LogP contribution in [0.3, 0.4) is 0 Å². The first kappa shape index (κ1) is 16.5. The molecule has 1 amide bonds. The van der Waals surface area contributed by atoms with Crippen molar-refractivity contribution in [2.24, 2.45) is 11.8 Å². The zero-order chi connectivity index (χ0) is 16.8. The molecule has 1 fully saturated rings. The molecule has 1 atom stereocenters. The van der Waals surface area contributed by atoms with E-state index in [9.17, 15) is 4.79 Å². The van der Waals surface area contributed by atoms with E-state index in [4.69, 9.17) is 0 Å². The number of nitrogens with one attached hydrogen (secondary N) is 1. The molecule has 3 rings (SSSR count). The fourth-order valence-electron chi connectivity index (χ4n) is 3.26. The smallest absolute Gasteiger partial charge is 0.226 e. The van der Waals surface area contributed by atoms with Crippen LogP contribution < -0.4 is 10.2 Å². The van der Waals surface area contributed by atoms with Gasteiger partial charge < -0.3 is 10.2 Å². The number of rotatable bonds is 5. The Bertz CT molecular complexity index is 625. The van der Waals surface area contributed by atoms with Gasteiger partial charge in [-0.05, 0) is 43.2 Å². The van der Waals surface area contributed by atoms with Gasteiger partial charge in [0.05, 0.1) is 11.9 Å². The second-order valence-electron chi connectivity index (χ2n) is 6.52. The molecule has 1 aliphatic heterocycles. The molecule has 2 heterocycles. The van der Waals surface area contributed by atoms with E-state index in [2.05, 4.69) is 40.0 Å². The summed E-state index contributed by atoms with van der Waals surface area (Å²) in [6.07, 6.45) is 15.8. The van der Waals surface area contributed by atoms with Crippen molar-refractivity contribution in [2.75, 3.05) is 23.3 Å². The lowest BCUT2D eigenvalue weighted by Gasteiger charge is -2.32. The molecule has 1 aromatic heterocycles. The lowest BCUT2D eigenvalue weighted by Crippen LogP contribution is -2.33. The van der Waals surface area contributed by atoms with E-state index in [0.29, 0.717) is 24.1 Å². The fraction of sp³-hybridized carbons (Fsp3) is 0.400. The fourth-order valence-corrected chi connectivity index (χ4v) is 3.26. The second kappa shape index (κ2) is 7.95. The van der Waals surface area contributed by atoms with Crippen LogP contribution in [0.2, 0.25) is 0 Å². The van der Waals surface area contributed by atoms with Crippen molar-refractivity contribution < 1.29 is 4.79 Å². The molecule has 126 valence electrons. The number of pyridine rings is 1. The van der Waals surface area contributed by atoms with Crippen LogP contribution in [0.1, 0.15) is 25.7 Å². The molecule has 1 N–H and O–H groups in total. The van der Waals surface area contributed by atoms with Crippen LogP contribution in [0, 0.1) is 11.8 Å². The summed E-state index contributed by atoms with van der Waals surface area (Å²) in [6, 6.07) is 3.93. The molecule has 0 radical (unpaired) electrons. The van der Waals surface area contributed by atoms with Crippen molar-refractivity contribution in [2.45, 2.75) is 25.7 Å². The second-order valence-corrected chi connectivity index (χ2v) is 6.52. The van der Waals surface area contributed by atoms with Crippen LogP contribution in [0.4, 0.5) is 11.5 Å². The first-order chi connectivity index (χ1) is 11.7. The number of aromatic nitrogens is 1. The van der Waals surface area contributed by atoms with Crippen LogP contribution >= 0.6 is 0 Å². The largest absolute Gasteiger partial charge is 0.370 e. The van der Waals surface area contributed by atoms with Gasteiger partial charge in [0, 0.05) is 19.5 Å². The summed E-state index contributed by atoms with van der Waals surface area (Å²) < 4.78 is 0. The molecule has 0 saturated carbocycles. The minimum Gasteiger partial charge on any atom is -0.370 e. The first-order valence-electron chi connectivity index (χ1n) is 8.71. The molecule has 0 bridgehead atoms. The summed E-state index contributed by atoms with van der Waals surface area (Å²) in [4.78, 5) is 18.9. The van der Waals surface area contributed by atoms with Gasteiger partial charge in [0.1, 0.15) is 5.82 Å². The summed E-state index contributed by atoms with van der Waals surface area (Å²) in [5.41, 5.74) is 1.12. The molecular formula is C20H25N3O. The summed E-state index contributed by atoms with van der Waals surface area (Å²) in [5.74, 6) is 1.57. The molecule has 0 spiro atoms. The maximum absolute atomic E-state index is 12.1. The number of piperidine rings is 1. The Hall–Kier alpha value is -2.36. The number of nitrogens with zero attached hydrogens (tertiary/aromatic N) is 2. The quantitative estimate of drug-likeness (QED) is 0.835. The van der Waals surface area contributed by atoms with Crippen molar-refractivity contribution in [1.29, 1.82) is 0 Å². The maximum atomic E-state index is 12.1. The van der Waals surface area contributed by atoms with Gasteiger partial charge in [-0.15, -0.1) is 6.58 Å². The Morgan fingerprint density at radius 3 is 2.79 bits per heavy atom. The van der Waals surface area contributed by atoms with E-state index in [1.807, 2.05) is 30.5 Å². The SMILES string of the molecule is C=CC1CCN(c2ccc(NC(=O)CC3C=CC=CC3)nc2)CC1. The Balaban J connectivity index is 1.51. The number of carbonyl (C=O) groups excluding carboxylic acids is 1. The number of allylic oxidation sites excluding steroid dienone is 5. The zero-order valence-electron chi connectivity index (χ0n) is 14.0. The minimum atomic E-state index is 0.0204. The molecule has 1 aliphatic carbocycles. The molecular weight excluding hydrogens is 298 g/mol. The van der Waals surface area contributed by atoms with Crippen molar-refractivity contribution in [3.8, 4) is 0 Å². The van der Waals surface area contributed by atoms with Gasteiger partial charge in [-0.2, -0.15) is 0 Å². The molecule has 4 nitrogen and oxygen atoms in total. The Labute approximate surface area is 144 Å². The summed E-state index contributed by atoms with van der Waals surface area (Å²) in [7, 11) is 0. The Morgan fingerprint density at radius 1 is 1.33 bits per heavy atom. The predicted molar refractivity (Wildman–Crippen MR) is 99.0 cm³/mol. The number of anilines is 2. The maximum Gasteiger partial charge on any atom is 0.226 e. The monoisotopic (exact) mass is 323 g/mol. The third kappa shape index (κ3) is 4.34. The minimum absolute atomic E-state index is 0.0204. The van der Waals surface area contributed by atoms with Gasteiger partial charge in [0.2, 0.25) is 5.91 Å². The van der Waals surface area contributed by atoms with Gasteiger partial charge in [0.25, 0.3) is 0 Å². The molecule has 4 heteroatoms. The number of carbonyl (C=O) groups is 1. The lowest BCUT2D eigenvalue weighted by molar-refractivity contribution is -0.116. The van der Waals surface area contributed by atoms with Gasteiger partial charge in [-0.3, -0.25) is 4.79 Å². The van der Waals surface area contributed by atoms with E-state index in [0.717, 1.165) is 38.0 Å². The van der Waals surface area contributed by atoms with Gasteiger partial charge in [-0.1, -0.05) is 30.4 Å². The van der Waals surface area contributed by atoms with Crippen LogP contribution in [0.5, 0.6) is 0 Å². The predicted octanol–water partition coefficient (Wildman–Crippen LogP) is 3.94. The first-order valence-corrected chi connectivity index (χ1v) is 8.71. The highest BCUT2D eigenvalue weighted by atomic mass is 16.1. The van der Waals surface area contributed by atoms with Gasteiger partial charge >= 0.3 is 0 Å². The average Bonchev–Trinajstić information content (AvgIpc) is 2.63. The summed E-state index contributed by atoms with van der Waals surface area (Å²) >= 11 is 0. The highest BCUT2D eigenvalue weighted by Gasteiger charge is 2.17. The lowest BCUT2D eigenvalue weighted by atomic mass is 9.97. The summed E-state index contributed by atoms with van der Waals surface area (Å²) in [5, 5.41) is 2.90. The normalized spacial score (nSPS) is 20.8. The summed E-state index contributed by atoms with van der Waals surface area (Å²) in [6.45, 7) is 5.95. The average molecular weight is 323 g/mol. The van der Waals surface area contributed by atoms with Gasteiger partial charge in [-0.25, -0.2) is 4.98 Å². The highest BCUT2D eigenvalue weighted by molar-refractivity contribution is 5.90. The van der Waals surface area contributed by atoms with Crippen molar-refractivity contribution in [1.82, 2.24) is 4.98 Å². The molecule has 0 aromatic carbocycles. The van der Waals surface area contributed by atoms with Crippen molar-refractivity contribution >= 4 is 17.4 Å². The standard InChI is InChI=1S/C20H25N3O/c1-2-16-10-12-23(13-11-16)18-8-9-19(21-15-18)22-20(24)14-17-6-4-3-5-7-17/h2-6,8-9,15-17H,1,7,10-14H2,(H,21,22,24). The molecule has 24 heavy (non-hydrogen) atoms. The third-order valence-corrected chi connectivity index (χ3v) is 4.77. The van der Waals surface area contributed by atoms with E-state index in [1.54, 1.807) is 0 Å². The van der Waals surface area contributed by atoms with Crippen molar-refractivity contribution in [3.05, 3.63) is 55.3 Å². The molecule has 1 saturated heterocycles. The third-order valence-electron chi connectivity index (χ3n) is 4.77. The van der Waals surface area contributed by atoms with Crippen LogP contribution in [-0.2, 0) is 4.79 Å². The van der Waals surface area contributed by atoms with Crippen LogP contribution in [0.25, 0.3) is 0 Å². The molecule has 1 aromatic rings. The van der Waals surface area contributed by atoms with Crippen LogP contribution in [-0.4, -0.2) is 24.0 Å². The Morgan fingerprint density at radius 2 is 2.17 bits per heavy atom. The van der Waals surface area contributed by atoms with E-state index >= 15 is 0 Å². The number of hydrogen-bond donors (Lipinski definition) is 1. The molecule has 2 aliphatic rings. The molecule has 1 unspecified atom stereocenters. The zero-order valence-corrected chi connectivity index (χ0v) is 14.0. The van der Waals surface area contributed by atoms with Crippen LogP contribution in [0.15, 0.2) is 55.3 Å². The van der Waals surface area contributed by atoms with Gasteiger partial charge in [0.15, 0.2) is 0 Å².